The molecule has 3 aromatic rings. The van der Waals surface area contributed by atoms with Gasteiger partial charge in [-0.05, 0) is 62.3 Å². The summed E-state index contributed by atoms with van der Waals surface area (Å²) >= 11 is 5.73. The van der Waals surface area contributed by atoms with Gasteiger partial charge in [-0.25, -0.2) is 0 Å². The van der Waals surface area contributed by atoms with Gasteiger partial charge in [-0.1, -0.05) is 48.3 Å². The molecule has 1 N–H and O–H groups in total. The number of methoxy groups -OCH3 is 1. The van der Waals surface area contributed by atoms with E-state index >= 15 is 0 Å². The highest BCUT2D eigenvalue weighted by Gasteiger charge is 2.33. The smallest absolute Gasteiger partial charge is 0.258 e. The van der Waals surface area contributed by atoms with Crippen LogP contribution >= 0.6 is 12.2 Å². The third-order valence-electron chi connectivity index (χ3n) is 5.75. The normalized spacial score (nSPS) is 16.3. The van der Waals surface area contributed by atoms with Crippen LogP contribution in [-0.2, 0) is 0 Å². The Morgan fingerprint density at radius 2 is 1.81 bits per heavy atom. The van der Waals surface area contributed by atoms with E-state index in [1.54, 1.807) is 7.11 Å². The molecule has 1 aliphatic heterocycles. The third kappa shape index (κ3) is 4.39. The van der Waals surface area contributed by atoms with E-state index in [0.717, 1.165) is 52.6 Å². The minimum atomic E-state index is -0.162. The number of allylic oxidation sites excluding steroid dienone is 1. The highest BCUT2D eigenvalue weighted by molar-refractivity contribution is 7.80. The highest BCUT2D eigenvalue weighted by atomic mass is 32.1. The van der Waals surface area contributed by atoms with Crippen LogP contribution in [0.3, 0.4) is 0 Å². The number of aryl methyl sites for hydroxylation is 1. The van der Waals surface area contributed by atoms with Gasteiger partial charge in [0.05, 0.1) is 18.7 Å². The van der Waals surface area contributed by atoms with E-state index in [9.17, 15) is 0 Å². The Morgan fingerprint density at radius 3 is 2.47 bits per heavy atom. The van der Waals surface area contributed by atoms with E-state index in [0.29, 0.717) is 11.7 Å². The molecule has 1 unspecified atom stereocenters. The molecule has 0 radical (unpaired) electrons. The number of nitrogens with one attached hydrogen (secondary N) is 1. The molecule has 7 heteroatoms. The molecule has 166 valence electrons. The van der Waals surface area contributed by atoms with Crippen molar-refractivity contribution < 1.29 is 9.26 Å². The molecule has 0 aliphatic carbocycles. The lowest BCUT2D eigenvalue weighted by Crippen LogP contribution is -2.46. The van der Waals surface area contributed by atoms with Crippen LogP contribution in [0.15, 0.2) is 58.8 Å². The molecule has 0 saturated carbocycles. The molecule has 1 aromatic heterocycles. The van der Waals surface area contributed by atoms with E-state index in [-0.39, 0.29) is 6.04 Å². The van der Waals surface area contributed by atoms with Crippen molar-refractivity contribution in [3.05, 3.63) is 71.2 Å². The highest BCUT2D eigenvalue weighted by Crippen LogP contribution is 2.37. The lowest BCUT2D eigenvalue weighted by Gasteiger charge is -2.37. The molecule has 6 nitrogen and oxygen atoms in total. The van der Waals surface area contributed by atoms with Gasteiger partial charge in [0.1, 0.15) is 5.75 Å². The van der Waals surface area contributed by atoms with Crippen LogP contribution < -0.4 is 10.1 Å². The molecular weight excluding hydrogens is 420 g/mol. The molecule has 0 amide bonds. The predicted molar refractivity (Wildman–Crippen MR) is 130 cm³/mol. The first kappa shape index (κ1) is 22.0. The van der Waals surface area contributed by atoms with E-state index in [4.69, 9.17) is 26.5 Å². The fourth-order valence-corrected chi connectivity index (χ4v) is 4.19. The minimum Gasteiger partial charge on any atom is -0.497 e. The van der Waals surface area contributed by atoms with Crippen molar-refractivity contribution in [2.45, 2.75) is 39.7 Å². The summed E-state index contributed by atoms with van der Waals surface area (Å²) in [7, 11) is 1.65. The van der Waals surface area contributed by atoms with Crippen molar-refractivity contribution in [3.63, 3.8) is 0 Å². The summed E-state index contributed by atoms with van der Waals surface area (Å²) in [5.74, 6) is 1.82. The summed E-state index contributed by atoms with van der Waals surface area (Å²) in [6.45, 7) is 7.18. The molecular formula is C25H28N4O2S. The third-order valence-corrected chi connectivity index (χ3v) is 6.09. The lowest BCUT2D eigenvalue weighted by atomic mass is 9.94. The molecule has 1 atom stereocenters. The zero-order chi connectivity index (χ0) is 22.7. The number of nitrogens with zero attached hydrogens (tertiary/aromatic N) is 3. The quantitative estimate of drug-likeness (QED) is 0.478. The number of hydrogen-bond acceptors (Lipinski definition) is 5. The second kappa shape index (κ2) is 9.53. The van der Waals surface area contributed by atoms with E-state index in [1.807, 2.05) is 24.3 Å². The molecule has 2 heterocycles. The van der Waals surface area contributed by atoms with E-state index in [1.165, 1.54) is 5.56 Å². The van der Waals surface area contributed by atoms with E-state index in [2.05, 4.69) is 60.4 Å². The zero-order valence-corrected chi connectivity index (χ0v) is 19.7. The number of hydrogen-bond donors (Lipinski definition) is 1. The van der Waals surface area contributed by atoms with Crippen molar-refractivity contribution in [2.24, 2.45) is 0 Å². The largest absolute Gasteiger partial charge is 0.497 e. The molecule has 0 fully saturated rings. The van der Waals surface area contributed by atoms with Crippen LogP contribution in [0.4, 0.5) is 0 Å². The Bertz CT molecular complexity index is 1120. The number of aromatic nitrogens is 2. The average Bonchev–Trinajstić information content (AvgIpc) is 3.29. The van der Waals surface area contributed by atoms with Crippen molar-refractivity contribution in [1.29, 1.82) is 0 Å². The average molecular weight is 449 g/mol. The molecule has 0 saturated heterocycles. The number of thiocarbonyl (C=S) groups is 1. The molecule has 1 aliphatic rings. The summed E-state index contributed by atoms with van der Waals surface area (Å²) in [5, 5.41) is 8.49. The van der Waals surface area contributed by atoms with Crippen LogP contribution in [-0.4, -0.2) is 33.8 Å². The van der Waals surface area contributed by atoms with Crippen LogP contribution in [0.2, 0.25) is 0 Å². The second-order valence-electron chi connectivity index (χ2n) is 7.95. The topological polar surface area (TPSA) is 63.4 Å². The predicted octanol–water partition coefficient (Wildman–Crippen LogP) is 5.52. The van der Waals surface area contributed by atoms with Gasteiger partial charge in [-0.15, -0.1) is 0 Å². The van der Waals surface area contributed by atoms with Gasteiger partial charge in [-0.3, -0.25) is 0 Å². The first-order valence-electron chi connectivity index (χ1n) is 10.9. The van der Waals surface area contributed by atoms with Gasteiger partial charge in [0.25, 0.3) is 5.89 Å². The molecule has 32 heavy (non-hydrogen) atoms. The lowest BCUT2D eigenvalue weighted by molar-refractivity contribution is 0.395. The maximum absolute atomic E-state index is 5.79. The number of rotatable bonds is 7. The Hall–Kier alpha value is -3.19. The minimum absolute atomic E-state index is 0.162. The van der Waals surface area contributed by atoms with Gasteiger partial charge >= 0.3 is 0 Å². The van der Waals surface area contributed by atoms with Gasteiger partial charge in [0, 0.05) is 17.8 Å². The Kier molecular flexibility index (Phi) is 6.55. The van der Waals surface area contributed by atoms with E-state index < -0.39 is 0 Å². The maximum atomic E-state index is 5.79. The standard InChI is InChI=1S/C25H28N4O2S/c1-5-6-15-29-17(3)21(22(26-25(29)32)18-9-7-16(2)8-10-18)24-27-23(28-31-24)19-11-13-20(30-4)14-12-19/h7-14,22H,5-6,15H2,1-4H3,(H,26,32). The van der Waals surface area contributed by atoms with Crippen molar-refractivity contribution in [1.82, 2.24) is 20.4 Å². The van der Waals surface area contributed by atoms with Crippen LogP contribution in [0.25, 0.3) is 17.0 Å². The van der Waals surface area contributed by atoms with Gasteiger partial charge in [0.2, 0.25) is 5.82 Å². The molecule has 2 aromatic carbocycles. The molecule has 4 rings (SSSR count). The first-order chi connectivity index (χ1) is 15.5. The summed E-state index contributed by atoms with van der Waals surface area (Å²) in [4.78, 5) is 6.89. The van der Waals surface area contributed by atoms with Crippen molar-refractivity contribution in [2.75, 3.05) is 13.7 Å². The van der Waals surface area contributed by atoms with Crippen LogP contribution in [0.5, 0.6) is 5.75 Å². The number of unbranched alkanes of at least 4 members (excludes halogenated alkanes) is 1. The van der Waals surface area contributed by atoms with Crippen LogP contribution in [0.1, 0.15) is 49.7 Å². The number of benzene rings is 2. The summed E-state index contributed by atoms with van der Waals surface area (Å²) in [6, 6.07) is 15.9. The monoisotopic (exact) mass is 448 g/mol. The SMILES string of the molecule is CCCCN1C(=S)NC(c2ccc(C)cc2)C(c2nc(-c3ccc(OC)cc3)no2)=C1C. The summed E-state index contributed by atoms with van der Waals surface area (Å²) in [6.07, 6.45) is 2.13. The second-order valence-corrected chi connectivity index (χ2v) is 8.34. The Labute approximate surface area is 194 Å². The van der Waals surface area contributed by atoms with Gasteiger partial charge in [0.15, 0.2) is 5.11 Å². The molecule has 0 bridgehead atoms. The summed E-state index contributed by atoms with van der Waals surface area (Å²) in [5.41, 5.74) is 5.17. The van der Waals surface area contributed by atoms with Gasteiger partial charge in [-0.2, -0.15) is 4.98 Å². The fraction of sp³-hybridized carbons (Fsp3) is 0.320. The van der Waals surface area contributed by atoms with Gasteiger partial charge < -0.3 is 19.5 Å². The fourth-order valence-electron chi connectivity index (χ4n) is 3.84. The number of ether oxygens (including phenoxy) is 1. The van der Waals surface area contributed by atoms with Crippen molar-refractivity contribution >= 4 is 22.9 Å². The first-order valence-corrected chi connectivity index (χ1v) is 11.3. The maximum Gasteiger partial charge on any atom is 0.258 e. The Balaban J connectivity index is 1.76. The molecule has 0 spiro atoms. The summed E-state index contributed by atoms with van der Waals surface area (Å²) < 4.78 is 11.0. The zero-order valence-electron chi connectivity index (χ0n) is 18.9. The Morgan fingerprint density at radius 1 is 1.09 bits per heavy atom. The van der Waals surface area contributed by atoms with Crippen LogP contribution in [0, 0.1) is 6.92 Å². The van der Waals surface area contributed by atoms with Crippen molar-refractivity contribution in [3.8, 4) is 17.1 Å².